The van der Waals surface area contributed by atoms with Crippen molar-refractivity contribution in [2.24, 2.45) is 0 Å². The number of aliphatic hydroxyl groups is 1. The molecule has 2 N–H and O–H groups in total. The van der Waals surface area contributed by atoms with E-state index in [9.17, 15) is 5.11 Å². The van der Waals surface area contributed by atoms with E-state index >= 15 is 0 Å². The lowest BCUT2D eigenvalue weighted by Gasteiger charge is -2.24. The molecule has 0 aliphatic heterocycles. The summed E-state index contributed by atoms with van der Waals surface area (Å²) in [7, 11) is 6.89. The Kier molecular flexibility index (Phi) is 9.91. The van der Waals surface area contributed by atoms with Gasteiger partial charge >= 0.3 is 0 Å². The van der Waals surface area contributed by atoms with Gasteiger partial charge in [0.1, 0.15) is 24.2 Å². The van der Waals surface area contributed by atoms with Crippen molar-refractivity contribution < 1.29 is 24.1 Å². The van der Waals surface area contributed by atoms with Gasteiger partial charge in [0, 0.05) is 31.2 Å². The fraction of sp³-hybridized carbons (Fsp3) is 0.500. The van der Waals surface area contributed by atoms with Crippen molar-refractivity contribution in [2.75, 3.05) is 41.5 Å². The summed E-state index contributed by atoms with van der Waals surface area (Å²) in [4.78, 5) is 2.08. The first kappa shape index (κ1) is 24.8. The number of likely N-dealkylation sites (N-methyl/N-ethyl adjacent to an activating group) is 1. The van der Waals surface area contributed by atoms with Crippen LogP contribution in [-0.2, 0) is 13.1 Å². The summed E-state index contributed by atoms with van der Waals surface area (Å²) < 4.78 is 22.2. The Balaban J connectivity index is 1.99. The molecule has 7 heteroatoms. The first-order valence-electron chi connectivity index (χ1n) is 10.5. The van der Waals surface area contributed by atoms with Crippen molar-refractivity contribution >= 4 is 0 Å². The molecule has 0 bridgehead atoms. The topological polar surface area (TPSA) is 72.4 Å². The number of methoxy groups -OCH3 is 3. The van der Waals surface area contributed by atoms with E-state index < -0.39 is 6.10 Å². The molecule has 2 aromatic carbocycles. The van der Waals surface area contributed by atoms with Crippen LogP contribution in [0.15, 0.2) is 36.4 Å². The third-order valence-corrected chi connectivity index (χ3v) is 5.20. The van der Waals surface area contributed by atoms with Crippen molar-refractivity contribution in [3.8, 4) is 23.0 Å². The van der Waals surface area contributed by atoms with E-state index in [1.807, 2.05) is 43.4 Å². The molecule has 0 aliphatic rings. The molecular weight excluding hydrogens is 396 g/mol. The van der Waals surface area contributed by atoms with E-state index in [0.29, 0.717) is 37.2 Å². The molecule has 0 fully saturated rings. The largest absolute Gasteiger partial charge is 0.496 e. The number of nitrogens with zero attached hydrogens (tertiary/aromatic N) is 1. The van der Waals surface area contributed by atoms with E-state index in [1.54, 1.807) is 21.3 Å². The smallest absolute Gasteiger partial charge is 0.161 e. The molecule has 0 amide bonds. The minimum absolute atomic E-state index is 0.197. The molecule has 1 atom stereocenters. The van der Waals surface area contributed by atoms with Crippen LogP contribution in [0.4, 0.5) is 0 Å². The highest BCUT2D eigenvalue weighted by molar-refractivity contribution is 5.45. The van der Waals surface area contributed by atoms with Gasteiger partial charge in [0.15, 0.2) is 11.5 Å². The zero-order valence-corrected chi connectivity index (χ0v) is 19.5. The predicted molar refractivity (Wildman–Crippen MR) is 122 cm³/mol. The number of hydrogen-bond acceptors (Lipinski definition) is 7. The van der Waals surface area contributed by atoms with Crippen LogP contribution < -0.4 is 24.3 Å². The van der Waals surface area contributed by atoms with Gasteiger partial charge in [-0.05, 0) is 50.7 Å². The highest BCUT2D eigenvalue weighted by Gasteiger charge is 2.14. The van der Waals surface area contributed by atoms with Gasteiger partial charge in [0.2, 0.25) is 0 Å². The van der Waals surface area contributed by atoms with Gasteiger partial charge < -0.3 is 34.3 Å². The SMILES string of the molecule is COc1ccc(CNCc2c(OC)cccc2OC)cc1OCC(O)CN(C)C(C)C. The van der Waals surface area contributed by atoms with Crippen molar-refractivity contribution in [2.45, 2.75) is 39.1 Å². The van der Waals surface area contributed by atoms with Crippen LogP contribution in [0, 0.1) is 0 Å². The summed E-state index contributed by atoms with van der Waals surface area (Å²) >= 11 is 0. The maximum absolute atomic E-state index is 10.3. The Hall–Kier alpha value is -2.48. The van der Waals surface area contributed by atoms with Gasteiger partial charge in [-0.1, -0.05) is 12.1 Å². The van der Waals surface area contributed by atoms with Crippen LogP contribution in [0.3, 0.4) is 0 Å². The lowest BCUT2D eigenvalue weighted by molar-refractivity contribution is 0.0668. The zero-order chi connectivity index (χ0) is 22.8. The molecule has 0 spiro atoms. The number of hydrogen-bond donors (Lipinski definition) is 2. The second-order valence-electron chi connectivity index (χ2n) is 7.73. The van der Waals surface area contributed by atoms with Crippen LogP contribution in [-0.4, -0.2) is 63.7 Å². The Labute approximate surface area is 185 Å². The van der Waals surface area contributed by atoms with Gasteiger partial charge in [0.25, 0.3) is 0 Å². The number of aliphatic hydroxyl groups excluding tert-OH is 1. The summed E-state index contributed by atoms with van der Waals surface area (Å²) in [6, 6.07) is 11.9. The highest BCUT2D eigenvalue weighted by atomic mass is 16.5. The molecule has 1 unspecified atom stereocenters. The Morgan fingerprint density at radius 1 is 0.903 bits per heavy atom. The highest BCUT2D eigenvalue weighted by Crippen LogP contribution is 2.30. The van der Waals surface area contributed by atoms with Crippen LogP contribution >= 0.6 is 0 Å². The lowest BCUT2D eigenvalue weighted by atomic mass is 10.1. The van der Waals surface area contributed by atoms with E-state index in [1.165, 1.54) is 0 Å². The van der Waals surface area contributed by atoms with Gasteiger partial charge in [-0.3, -0.25) is 0 Å². The molecule has 0 radical (unpaired) electrons. The summed E-state index contributed by atoms with van der Waals surface area (Å²) in [6.45, 7) is 6.14. The predicted octanol–water partition coefficient (Wildman–Crippen LogP) is 3.08. The molecule has 2 aromatic rings. The second-order valence-corrected chi connectivity index (χ2v) is 7.73. The van der Waals surface area contributed by atoms with Crippen molar-refractivity contribution in [3.63, 3.8) is 0 Å². The fourth-order valence-corrected chi connectivity index (χ4v) is 3.16. The summed E-state index contributed by atoms with van der Waals surface area (Å²) in [5.41, 5.74) is 2.01. The maximum Gasteiger partial charge on any atom is 0.161 e. The lowest BCUT2D eigenvalue weighted by Crippen LogP contribution is -2.37. The van der Waals surface area contributed by atoms with E-state index in [-0.39, 0.29) is 6.61 Å². The van der Waals surface area contributed by atoms with Crippen LogP contribution in [0.5, 0.6) is 23.0 Å². The van der Waals surface area contributed by atoms with E-state index in [0.717, 1.165) is 22.6 Å². The normalized spacial score (nSPS) is 12.2. The fourth-order valence-electron chi connectivity index (χ4n) is 3.16. The second kappa shape index (κ2) is 12.4. The zero-order valence-electron chi connectivity index (χ0n) is 19.5. The van der Waals surface area contributed by atoms with Crippen LogP contribution in [0.1, 0.15) is 25.0 Å². The quantitative estimate of drug-likeness (QED) is 0.504. The first-order chi connectivity index (χ1) is 14.9. The third-order valence-electron chi connectivity index (χ3n) is 5.20. The average Bonchev–Trinajstić information content (AvgIpc) is 2.77. The molecule has 0 aromatic heterocycles. The standard InChI is InChI=1S/C24H36N2O5/c1-17(2)26(3)15-19(27)16-31-24-12-18(10-11-23(24)30-6)13-25-14-20-21(28-4)8-7-9-22(20)29-5/h7-12,17,19,25,27H,13-16H2,1-6H3. The van der Waals surface area contributed by atoms with Crippen molar-refractivity contribution in [1.29, 1.82) is 0 Å². The number of ether oxygens (including phenoxy) is 4. The Morgan fingerprint density at radius 3 is 2.13 bits per heavy atom. The Bertz CT molecular complexity index is 790. The molecule has 2 rings (SSSR count). The monoisotopic (exact) mass is 432 g/mol. The molecule has 0 heterocycles. The Morgan fingerprint density at radius 2 is 1.55 bits per heavy atom. The van der Waals surface area contributed by atoms with E-state index in [4.69, 9.17) is 18.9 Å². The third kappa shape index (κ3) is 7.31. The van der Waals surface area contributed by atoms with Crippen molar-refractivity contribution in [1.82, 2.24) is 10.2 Å². The van der Waals surface area contributed by atoms with Gasteiger partial charge in [-0.2, -0.15) is 0 Å². The average molecular weight is 433 g/mol. The van der Waals surface area contributed by atoms with Gasteiger partial charge in [-0.15, -0.1) is 0 Å². The summed E-state index contributed by atoms with van der Waals surface area (Å²) in [5.74, 6) is 2.82. The maximum atomic E-state index is 10.3. The first-order valence-corrected chi connectivity index (χ1v) is 10.5. The molecule has 31 heavy (non-hydrogen) atoms. The summed E-state index contributed by atoms with van der Waals surface area (Å²) in [6.07, 6.45) is -0.586. The number of benzene rings is 2. The van der Waals surface area contributed by atoms with Crippen LogP contribution in [0.25, 0.3) is 0 Å². The number of nitrogens with one attached hydrogen (secondary N) is 1. The molecular formula is C24H36N2O5. The number of rotatable bonds is 13. The van der Waals surface area contributed by atoms with Gasteiger partial charge in [0.05, 0.1) is 21.3 Å². The van der Waals surface area contributed by atoms with Gasteiger partial charge in [-0.25, -0.2) is 0 Å². The minimum atomic E-state index is -0.586. The molecule has 0 aliphatic carbocycles. The molecule has 0 saturated heterocycles. The van der Waals surface area contributed by atoms with Crippen molar-refractivity contribution in [3.05, 3.63) is 47.5 Å². The molecule has 0 saturated carbocycles. The molecule has 172 valence electrons. The summed E-state index contributed by atoms with van der Waals surface area (Å²) in [5, 5.41) is 13.7. The molecule has 7 nitrogen and oxygen atoms in total. The van der Waals surface area contributed by atoms with E-state index in [2.05, 4.69) is 24.1 Å². The minimum Gasteiger partial charge on any atom is -0.496 e. The van der Waals surface area contributed by atoms with Crippen LogP contribution in [0.2, 0.25) is 0 Å².